The first kappa shape index (κ1) is 12.0. The Labute approximate surface area is 103 Å². The molecule has 0 fully saturated rings. The summed E-state index contributed by atoms with van der Waals surface area (Å²) in [4.78, 5) is 28.4. The Bertz CT molecular complexity index is 582. The second-order valence-corrected chi connectivity index (χ2v) is 3.61. The van der Waals surface area contributed by atoms with Crippen molar-refractivity contribution >= 4 is 5.97 Å². The van der Waals surface area contributed by atoms with Crippen LogP contribution in [0.3, 0.4) is 0 Å². The van der Waals surface area contributed by atoms with Crippen molar-refractivity contribution < 1.29 is 9.53 Å². The molecule has 1 heterocycles. The van der Waals surface area contributed by atoms with E-state index in [2.05, 4.69) is 9.97 Å². The summed E-state index contributed by atoms with van der Waals surface area (Å²) in [5, 5.41) is 0. The van der Waals surface area contributed by atoms with Crippen LogP contribution in [0.4, 0.5) is 0 Å². The molecule has 0 amide bonds. The zero-order valence-electron chi connectivity index (χ0n) is 9.84. The number of esters is 1. The maximum atomic E-state index is 11.5. The summed E-state index contributed by atoms with van der Waals surface area (Å²) in [6.45, 7) is 2.11. The van der Waals surface area contributed by atoms with Crippen molar-refractivity contribution in [2.75, 3.05) is 6.61 Å². The number of carbonyl (C=O) groups excluding carboxylic acids is 1. The number of H-pyrrole nitrogens is 1. The largest absolute Gasteiger partial charge is 0.462 e. The molecule has 0 bridgehead atoms. The molecule has 2 rings (SSSR count). The van der Waals surface area contributed by atoms with E-state index in [9.17, 15) is 9.59 Å². The number of hydrogen-bond donors (Lipinski definition) is 1. The lowest BCUT2D eigenvalue weighted by atomic mass is 10.1. The predicted molar refractivity (Wildman–Crippen MR) is 66.3 cm³/mol. The Morgan fingerprint density at radius 2 is 2.00 bits per heavy atom. The fourth-order valence-electron chi connectivity index (χ4n) is 1.51. The van der Waals surface area contributed by atoms with Crippen LogP contribution in [-0.4, -0.2) is 22.5 Å². The first-order valence-electron chi connectivity index (χ1n) is 5.53. The second-order valence-electron chi connectivity index (χ2n) is 3.61. The summed E-state index contributed by atoms with van der Waals surface area (Å²) in [5.74, 6) is -0.344. The number of nitrogens with zero attached hydrogens (tertiary/aromatic N) is 1. The summed E-state index contributed by atoms with van der Waals surface area (Å²) in [6.07, 6.45) is 3.06. The fourth-order valence-corrected chi connectivity index (χ4v) is 1.51. The lowest BCUT2D eigenvalue weighted by Crippen LogP contribution is -2.08. The highest BCUT2D eigenvalue weighted by molar-refractivity contribution is 5.90. The highest BCUT2D eigenvalue weighted by atomic mass is 16.5. The molecule has 1 N–H and O–H groups in total. The molecule has 0 aliphatic heterocycles. The maximum absolute atomic E-state index is 11.5. The maximum Gasteiger partial charge on any atom is 0.344 e. The topological polar surface area (TPSA) is 72.0 Å². The number of ether oxygens (including phenoxy) is 1. The normalized spacial score (nSPS) is 10.1. The van der Waals surface area contributed by atoms with Gasteiger partial charge in [-0.3, -0.25) is 0 Å². The summed E-state index contributed by atoms with van der Waals surface area (Å²) in [6, 6.07) is 6.92. The molecule has 5 heteroatoms. The predicted octanol–water partition coefficient (Wildman–Crippen LogP) is 1.61. The third-order valence-corrected chi connectivity index (χ3v) is 2.40. The van der Waals surface area contributed by atoms with E-state index in [1.165, 1.54) is 6.20 Å². The number of benzene rings is 1. The third-order valence-electron chi connectivity index (χ3n) is 2.40. The van der Waals surface area contributed by atoms with Gasteiger partial charge in [0.25, 0.3) is 0 Å². The van der Waals surface area contributed by atoms with Crippen molar-refractivity contribution in [2.45, 2.75) is 6.92 Å². The Kier molecular flexibility index (Phi) is 3.52. The van der Waals surface area contributed by atoms with Gasteiger partial charge in [0.1, 0.15) is 0 Å². The average Bonchev–Trinajstić information content (AvgIpc) is 2.40. The van der Waals surface area contributed by atoms with Gasteiger partial charge in [0.05, 0.1) is 12.2 Å². The van der Waals surface area contributed by atoms with E-state index in [-0.39, 0.29) is 11.7 Å². The van der Waals surface area contributed by atoms with Gasteiger partial charge in [0.2, 0.25) is 0 Å². The third kappa shape index (κ3) is 2.63. The smallest absolute Gasteiger partial charge is 0.344 e. The van der Waals surface area contributed by atoms with Crippen molar-refractivity contribution in [1.82, 2.24) is 9.97 Å². The van der Waals surface area contributed by atoms with Gasteiger partial charge in [-0.25, -0.2) is 14.6 Å². The van der Waals surface area contributed by atoms with E-state index in [1.807, 2.05) is 0 Å². The van der Waals surface area contributed by atoms with Crippen LogP contribution in [0.25, 0.3) is 11.1 Å². The van der Waals surface area contributed by atoms with Gasteiger partial charge >= 0.3 is 11.7 Å². The van der Waals surface area contributed by atoms with Crippen LogP contribution in [0.2, 0.25) is 0 Å². The number of nitrogens with one attached hydrogen (secondary N) is 1. The molecule has 0 spiro atoms. The Balaban J connectivity index is 2.24. The number of hydrogen-bond acceptors (Lipinski definition) is 4. The molecule has 0 radical (unpaired) electrons. The van der Waals surface area contributed by atoms with E-state index in [0.717, 1.165) is 11.1 Å². The molecule has 18 heavy (non-hydrogen) atoms. The van der Waals surface area contributed by atoms with Crippen LogP contribution in [0.15, 0.2) is 41.5 Å². The van der Waals surface area contributed by atoms with Crippen LogP contribution in [-0.2, 0) is 4.74 Å². The number of carbonyl (C=O) groups is 1. The molecule has 92 valence electrons. The molecule has 0 saturated heterocycles. The van der Waals surface area contributed by atoms with E-state index >= 15 is 0 Å². The average molecular weight is 244 g/mol. The Morgan fingerprint density at radius 1 is 1.28 bits per heavy atom. The highest BCUT2D eigenvalue weighted by Gasteiger charge is 2.06. The molecular weight excluding hydrogens is 232 g/mol. The van der Waals surface area contributed by atoms with Crippen LogP contribution in [0, 0.1) is 0 Å². The van der Waals surface area contributed by atoms with Crippen LogP contribution in [0.1, 0.15) is 17.3 Å². The molecule has 0 aliphatic carbocycles. The van der Waals surface area contributed by atoms with Crippen LogP contribution in [0.5, 0.6) is 0 Å². The summed E-state index contributed by atoms with van der Waals surface area (Å²) in [5.41, 5.74) is 1.76. The Morgan fingerprint density at radius 3 is 2.56 bits per heavy atom. The molecule has 0 atom stereocenters. The summed E-state index contributed by atoms with van der Waals surface area (Å²) < 4.78 is 4.89. The molecule has 0 saturated carbocycles. The highest BCUT2D eigenvalue weighted by Crippen LogP contribution is 2.17. The lowest BCUT2D eigenvalue weighted by Gasteiger charge is -2.03. The first-order valence-corrected chi connectivity index (χ1v) is 5.53. The summed E-state index contributed by atoms with van der Waals surface area (Å²) >= 11 is 0. The molecular formula is C13H12N2O3. The number of rotatable bonds is 3. The molecule has 0 aliphatic rings. The standard InChI is InChI=1S/C13H12N2O3/c1-2-18-12(16)10-5-3-9(4-6-10)11-7-14-13(17)15-8-11/h3-8H,2H2,1H3,(H,14,15,17). The van der Waals surface area contributed by atoms with Gasteiger partial charge < -0.3 is 9.72 Å². The fraction of sp³-hybridized carbons (Fsp3) is 0.154. The van der Waals surface area contributed by atoms with E-state index in [1.54, 1.807) is 37.4 Å². The zero-order valence-corrected chi connectivity index (χ0v) is 9.84. The van der Waals surface area contributed by atoms with Crippen molar-refractivity contribution in [1.29, 1.82) is 0 Å². The van der Waals surface area contributed by atoms with Crippen LogP contribution >= 0.6 is 0 Å². The van der Waals surface area contributed by atoms with E-state index in [4.69, 9.17) is 4.74 Å². The molecule has 0 unspecified atom stereocenters. The molecule has 5 nitrogen and oxygen atoms in total. The number of aromatic amines is 1. The van der Waals surface area contributed by atoms with Gasteiger partial charge in [-0.2, -0.15) is 0 Å². The van der Waals surface area contributed by atoms with Crippen LogP contribution < -0.4 is 5.69 Å². The van der Waals surface area contributed by atoms with Gasteiger partial charge in [-0.1, -0.05) is 12.1 Å². The van der Waals surface area contributed by atoms with Gasteiger partial charge in [-0.15, -0.1) is 0 Å². The minimum Gasteiger partial charge on any atom is -0.462 e. The first-order chi connectivity index (χ1) is 8.70. The minimum atomic E-state index is -0.387. The quantitative estimate of drug-likeness (QED) is 0.832. The molecule has 2 aromatic rings. The van der Waals surface area contributed by atoms with Gasteiger partial charge in [0.15, 0.2) is 0 Å². The second kappa shape index (κ2) is 5.27. The SMILES string of the molecule is CCOC(=O)c1ccc(-c2cnc(=O)[nH]c2)cc1. The van der Waals surface area contributed by atoms with Crippen molar-refractivity contribution in [3.63, 3.8) is 0 Å². The van der Waals surface area contributed by atoms with E-state index < -0.39 is 0 Å². The summed E-state index contributed by atoms with van der Waals surface area (Å²) in [7, 11) is 0. The van der Waals surface area contributed by atoms with Crippen molar-refractivity contribution in [2.24, 2.45) is 0 Å². The molecule has 1 aromatic heterocycles. The van der Waals surface area contributed by atoms with Gasteiger partial charge in [0, 0.05) is 18.0 Å². The lowest BCUT2D eigenvalue weighted by molar-refractivity contribution is 0.0526. The van der Waals surface area contributed by atoms with Crippen molar-refractivity contribution in [3.05, 3.63) is 52.7 Å². The van der Waals surface area contributed by atoms with E-state index in [0.29, 0.717) is 12.2 Å². The van der Waals surface area contributed by atoms with Gasteiger partial charge in [-0.05, 0) is 24.6 Å². The number of aromatic nitrogens is 2. The zero-order chi connectivity index (χ0) is 13.0. The van der Waals surface area contributed by atoms with Crippen molar-refractivity contribution in [3.8, 4) is 11.1 Å². The Hall–Kier alpha value is -2.43. The minimum absolute atomic E-state index is 0.344. The molecule has 1 aromatic carbocycles. The monoisotopic (exact) mass is 244 g/mol.